The van der Waals surface area contributed by atoms with E-state index in [9.17, 15) is 14.4 Å². The van der Waals surface area contributed by atoms with E-state index < -0.39 is 23.4 Å². The first-order valence-corrected chi connectivity index (χ1v) is 10.2. The van der Waals surface area contributed by atoms with Crippen molar-refractivity contribution in [3.8, 4) is 0 Å². The van der Waals surface area contributed by atoms with Crippen molar-refractivity contribution in [3.05, 3.63) is 47.2 Å². The Hall–Kier alpha value is -2.93. The number of aldehydes is 1. The van der Waals surface area contributed by atoms with Crippen molar-refractivity contribution in [2.24, 2.45) is 5.92 Å². The average molecular weight is 410 g/mol. The van der Waals surface area contributed by atoms with Crippen LogP contribution in [-0.4, -0.2) is 49.7 Å². The Morgan fingerprint density at radius 3 is 2.70 bits per heavy atom. The predicted octanol–water partition coefficient (Wildman–Crippen LogP) is 2.74. The minimum absolute atomic E-state index is 0.227. The van der Waals surface area contributed by atoms with Crippen LogP contribution in [0.4, 0.5) is 4.79 Å². The number of ether oxygens (including phenoxy) is 2. The van der Waals surface area contributed by atoms with Gasteiger partial charge in [-0.25, -0.2) is 9.36 Å². The Labute approximate surface area is 175 Å². The number of nitrogens with zero attached hydrogens (tertiary/aromatic N) is 1. The molecule has 3 unspecified atom stereocenters. The monoisotopic (exact) mass is 410 g/mol. The molecule has 30 heavy (non-hydrogen) atoms. The van der Waals surface area contributed by atoms with Gasteiger partial charge in [-0.1, -0.05) is 36.8 Å². The fraction of sp³-hybridized carbons (Fsp3) is 0.435. The van der Waals surface area contributed by atoms with Gasteiger partial charge in [-0.15, -0.1) is 0 Å². The first kappa shape index (κ1) is 20.3. The number of para-hydroxylation sites is 1. The highest BCUT2D eigenvalue weighted by Gasteiger charge is 2.57. The average Bonchev–Trinajstić information content (AvgIpc) is 3.02. The molecule has 1 N–H and O–H groups in total. The number of hydrogen-bond acceptors (Lipinski definition) is 6. The van der Waals surface area contributed by atoms with E-state index in [1.54, 1.807) is 0 Å². The molecule has 7 heteroatoms. The van der Waals surface area contributed by atoms with Gasteiger partial charge in [0.2, 0.25) is 0 Å². The lowest BCUT2D eigenvalue weighted by Crippen LogP contribution is -2.58. The van der Waals surface area contributed by atoms with E-state index in [1.807, 2.05) is 37.3 Å². The number of esters is 1. The molecule has 1 aromatic heterocycles. The molecule has 2 aromatic rings. The first-order chi connectivity index (χ1) is 14.5. The quantitative estimate of drug-likeness (QED) is 0.476. The summed E-state index contributed by atoms with van der Waals surface area (Å²) in [6.45, 7) is 2.64. The predicted molar refractivity (Wildman–Crippen MR) is 111 cm³/mol. The van der Waals surface area contributed by atoms with Crippen molar-refractivity contribution >= 4 is 29.3 Å². The third kappa shape index (κ3) is 2.72. The summed E-state index contributed by atoms with van der Waals surface area (Å²) in [4.78, 5) is 38.4. The molecule has 158 valence electrons. The molecule has 1 aliphatic carbocycles. The molecule has 1 aliphatic heterocycles. The fourth-order valence-electron chi connectivity index (χ4n) is 5.32. The van der Waals surface area contributed by atoms with Crippen LogP contribution in [0.15, 0.2) is 35.9 Å². The minimum Gasteiger partial charge on any atom is -0.468 e. The second-order valence-electron chi connectivity index (χ2n) is 7.85. The van der Waals surface area contributed by atoms with Crippen LogP contribution >= 0.6 is 0 Å². The Morgan fingerprint density at radius 1 is 1.27 bits per heavy atom. The molecule has 4 rings (SSSR count). The molecule has 7 nitrogen and oxygen atoms in total. The number of methoxy groups -OCH3 is 2. The van der Waals surface area contributed by atoms with Crippen LogP contribution < -0.4 is 5.32 Å². The molecule has 2 aliphatic rings. The second-order valence-corrected chi connectivity index (χ2v) is 7.85. The summed E-state index contributed by atoms with van der Waals surface area (Å²) in [6.07, 6.45) is 3.79. The van der Waals surface area contributed by atoms with Gasteiger partial charge < -0.3 is 19.6 Å². The number of carbonyl (C=O) groups excluding carboxylic acids is 3. The van der Waals surface area contributed by atoms with Gasteiger partial charge in [-0.05, 0) is 37.4 Å². The molecule has 1 aromatic carbocycles. The lowest BCUT2D eigenvalue weighted by Gasteiger charge is -2.43. The van der Waals surface area contributed by atoms with Gasteiger partial charge in [0.1, 0.15) is 11.7 Å². The molecule has 0 amide bonds. The SMILES string of the molecule is CCC1=CC(C=O)CC2(C(=O)OC)c3c(c4ccccc4n3C(=O)OC)CCNC12. The van der Waals surface area contributed by atoms with Crippen LogP contribution in [-0.2, 0) is 30.9 Å². The van der Waals surface area contributed by atoms with Crippen LogP contribution in [0.5, 0.6) is 0 Å². The zero-order chi connectivity index (χ0) is 21.5. The van der Waals surface area contributed by atoms with Crippen molar-refractivity contribution in [3.63, 3.8) is 0 Å². The lowest BCUT2D eigenvalue weighted by atomic mass is 9.64. The third-order valence-corrected chi connectivity index (χ3v) is 6.46. The van der Waals surface area contributed by atoms with Crippen molar-refractivity contribution < 1.29 is 23.9 Å². The van der Waals surface area contributed by atoms with E-state index >= 15 is 0 Å². The molecular weight excluding hydrogens is 384 g/mol. The maximum atomic E-state index is 13.5. The summed E-state index contributed by atoms with van der Waals surface area (Å²) in [5.41, 5.74) is 1.92. The highest BCUT2D eigenvalue weighted by Crippen LogP contribution is 2.48. The summed E-state index contributed by atoms with van der Waals surface area (Å²) >= 11 is 0. The van der Waals surface area contributed by atoms with Crippen LogP contribution in [0.25, 0.3) is 10.9 Å². The molecule has 0 saturated carbocycles. The summed E-state index contributed by atoms with van der Waals surface area (Å²) in [5, 5.41) is 4.42. The third-order valence-electron chi connectivity index (χ3n) is 6.46. The Balaban J connectivity index is 2.15. The maximum Gasteiger partial charge on any atom is 0.418 e. The molecule has 0 radical (unpaired) electrons. The number of rotatable bonds is 3. The van der Waals surface area contributed by atoms with E-state index in [1.165, 1.54) is 18.8 Å². The van der Waals surface area contributed by atoms with Crippen molar-refractivity contribution in [1.29, 1.82) is 0 Å². The summed E-state index contributed by atoms with van der Waals surface area (Å²) in [5.74, 6) is -0.908. The van der Waals surface area contributed by atoms with E-state index in [-0.39, 0.29) is 12.5 Å². The van der Waals surface area contributed by atoms with Gasteiger partial charge in [0.05, 0.1) is 25.4 Å². The van der Waals surface area contributed by atoms with Gasteiger partial charge in [0, 0.05) is 17.3 Å². The first-order valence-electron chi connectivity index (χ1n) is 10.2. The Morgan fingerprint density at radius 2 is 2.03 bits per heavy atom. The summed E-state index contributed by atoms with van der Waals surface area (Å²) in [6, 6.07) is 7.20. The Kier molecular flexibility index (Phi) is 5.24. The molecule has 0 fully saturated rings. The molecule has 3 atom stereocenters. The fourth-order valence-corrected chi connectivity index (χ4v) is 5.32. The van der Waals surface area contributed by atoms with E-state index in [0.717, 1.165) is 22.8 Å². The number of benzene rings is 1. The standard InChI is InChI=1S/C23H26N2O5/c1-4-15-11-14(13-26)12-23(21(27)29-2)19(15)24-10-9-17-16-7-5-6-8-18(16)25(20(17)23)22(28)30-3/h5-8,11,13-14,19,24H,4,9-10,12H2,1-3H3. The van der Waals surface area contributed by atoms with Crippen molar-refractivity contribution in [2.45, 2.75) is 37.6 Å². The van der Waals surface area contributed by atoms with Crippen LogP contribution in [0.2, 0.25) is 0 Å². The highest BCUT2D eigenvalue weighted by molar-refractivity contribution is 5.98. The lowest BCUT2D eigenvalue weighted by molar-refractivity contribution is -0.150. The number of allylic oxidation sites excluding steroid dienone is 1. The van der Waals surface area contributed by atoms with E-state index in [2.05, 4.69) is 5.32 Å². The molecule has 0 saturated heterocycles. The smallest absolute Gasteiger partial charge is 0.418 e. The maximum absolute atomic E-state index is 13.5. The molecular formula is C23H26N2O5. The van der Waals surface area contributed by atoms with E-state index in [4.69, 9.17) is 9.47 Å². The normalized spacial score (nSPS) is 25.5. The van der Waals surface area contributed by atoms with Crippen LogP contribution in [0, 0.1) is 5.92 Å². The zero-order valence-electron chi connectivity index (χ0n) is 17.4. The molecule has 0 bridgehead atoms. The second kappa shape index (κ2) is 7.72. The van der Waals surface area contributed by atoms with Gasteiger partial charge in [-0.2, -0.15) is 0 Å². The van der Waals surface area contributed by atoms with Gasteiger partial charge >= 0.3 is 12.1 Å². The Bertz CT molecular complexity index is 1050. The van der Waals surface area contributed by atoms with Crippen LogP contribution in [0.3, 0.4) is 0 Å². The number of aromatic nitrogens is 1. The minimum atomic E-state index is -1.22. The van der Waals surface area contributed by atoms with Gasteiger partial charge in [-0.3, -0.25) is 4.79 Å². The molecule has 0 spiro atoms. The van der Waals surface area contributed by atoms with Crippen molar-refractivity contribution in [2.75, 3.05) is 20.8 Å². The summed E-state index contributed by atoms with van der Waals surface area (Å²) < 4.78 is 11.9. The van der Waals surface area contributed by atoms with Crippen LogP contribution in [0.1, 0.15) is 31.0 Å². The largest absolute Gasteiger partial charge is 0.468 e. The molecule has 2 heterocycles. The van der Waals surface area contributed by atoms with Gasteiger partial charge in [0.15, 0.2) is 0 Å². The number of fused-ring (bicyclic) bond motifs is 5. The number of hydrogen-bond donors (Lipinski definition) is 1. The topological polar surface area (TPSA) is 86.6 Å². The summed E-state index contributed by atoms with van der Waals surface area (Å²) in [7, 11) is 2.68. The zero-order valence-corrected chi connectivity index (χ0v) is 17.4. The number of nitrogens with one attached hydrogen (secondary N) is 1. The van der Waals surface area contributed by atoms with Crippen molar-refractivity contribution in [1.82, 2.24) is 9.88 Å². The number of carbonyl (C=O) groups is 3. The van der Waals surface area contributed by atoms with E-state index in [0.29, 0.717) is 30.6 Å². The van der Waals surface area contributed by atoms with Gasteiger partial charge in [0.25, 0.3) is 0 Å². The highest BCUT2D eigenvalue weighted by atomic mass is 16.5.